The molecule has 0 saturated carbocycles. The van der Waals surface area contributed by atoms with E-state index in [1.54, 1.807) is 12.1 Å². The Morgan fingerprint density at radius 3 is 2.35 bits per heavy atom. The molecule has 0 saturated heterocycles. The van der Waals surface area contributed by atoms with Gasteiger partial charge >= 0.3 is 5.97 Å². The summed E-state index contributed by atoms with van der Waals surface area (Å²) in [6.07, 6.45) is 0. The maximum atomic E-state index is 12.0. The van der Waals surface area contributed by atoms with Crippen LogP contribution in [0.1, 0.15) is 27.0 Å². The van der Waals surface area contributed by atoms with Crippen molar-refractivity contribution in [2.24, 2.45) is 0 Å². The van der Waals surface area contributed by atoms with Crippen molar-refractivity contribution in [1.82, 2.24) is 10.6 Å². The summed E-state index contributed by atoms with van der Waals surface area (Å²) < 4.78 is 4.86. The standard InChI is InChI=1S/C20H22N2O4/c1-14-8-9-17(10-15(14)2)20(25)22-12-19(24)26-13-18(23)21-11-16-6-4-3-5-7-16/h3-10H,11-13H2,1-2H3,(H,21,23)(H,22,25). The van der Waals surface area contributed by atoms with E-state index in [1.807, 2.05) is 50.2 Å². The normalized spacial score (nSPS) is 10.1. The van der Waals surface area contributed by atoms with Crippen molar-refractivity contribution in [3.63, 3.8) is 0 Å². The smallest absolute Gasteiger partial charge is 0.325 e. The fourth-order valence-corrected chi connectivity index (χ4v) is 2.18. The van der Waals surface area contributed by atoms with Gasteiger partial charge in [-0.05, 0) is 42.7 Å². The van der Waals surface area contributed by atoms with Crippen LogP contribution >= 0.6 is 0 Å². The molecule has 2 N–H and O–H groups in total. The van der Waals surface area contributed by atoms with E-state index in [-0.39, 0.29) is 19.1 Å². The van der Waals surface area contributed by atoms with Crippen molar-refractivity contribution in [2.45, 2.75) is 20.4 Å². The van der Waals surface area contributed by atoms with Crippen LogP contribution in [0, 0.1) is 13.8 Å². The van der Waals surface area contributed by atoms with Gasteiger partial charge in [0.05, 0.1) is 0 Å². The highest BCUT2D eigenvalue weighted by molar-refractivity contribution is 5.96. The average Bonchev–Trinajstić information content (AvgIpc) is 2.65. The third-order valence-electron chi connectivity index (χ3n) is 3.86. The number of nitrogens with one attached hydrogen (secondary N) is 2. The zero-order chi connectivity index (χ0) is 18.9. The van der Waals surface area contributed by atoms with Gasteiger partial charge in [-0.2, -0.15) is 0 Å². The molecule has 0 aliphatic heterocycles. The van der Waals surface area contributed by atoms with E-state index in [1.165, 1.54) is 0 Å². The summed E-state index contributed by atoms with van der Waals surface area (Å²) in [6.45, 7) is 3.55. The van der Waals surface area contributed by atoms with Gasteiger partial charge in [-0.1, -0.05) is 36.4 Å². The first kappa shape index (κ1) is 19.2. The summed E-state index contributed by atoms with van der Waals surface area (Å²) in [7, 11) is 0. The van der Waals surface area contributed by atoms with Crippen LogP contribution in [0.4, 0.5) is 0 Å². The number of ether oxygens (including phenoxy) is 1. The molecule has 2 aromatic carbocycles. The van der Waals surface area contributed by atoms with Gasteiger partial charge in [0.2, 0.25) is 0 Å². The van der Waals surface area contributed by atoms with Crippen LogP contribution < -0.4 is 10.6 Å². The lowest BCUT2D eigenvalue weighted by atomic mass is 10.1. The van der Waals surface area contributed by atoms with E-state index < -0.39 is 11.9 Å². The number of benzene rings is 2. The minimum absolute atomic E-state index is 0.294. The number of hydrogen-bond donors (Lipinski definition) is 2. The number of carbonyl (C=O) groups excluding carboxylic acids is 3. The Bertz CT molecular complexity index is 788. The van der Waals surface area contributed by atoms with Gasteiger partial charge in [0.25, 0.3) is 11.8 Å². The summed E-state index contributed by atoms with van der Waals surface area (Å²) in [5, 5.41) is 5.13. The fourth-order valence-electron chi connectivity index (χ4n) is 2.18. The summed E-state index contributed by atoms with van der Waals surface area (Å²) in [4.78, 5) is 35.3. The Hall–Kier alpha value is -3.15. The maximum absolute atomic E-state index is 12.0. The molecule has 0 fully saturated rings. The third kappa shape index (κ3) is 6.05. The number of esters is 1. The second-order valence-corrected chi connectivity index (χ2v) is 5.90. The second-order valence-electron chi connectivity index (χ2n) is 5.90. The summed E-state index contributed by atoms with van der Waals surface area (Å²) in [6, 6.07) is 14.7. The lowest BCUT2D eigenvalue weighted by molar-refractivity contribution is -0.147. The van der Waals surface area contributed by atoms with Crippen molar-refractivity contribution < 1.29 is 19.1 Å². The molecule has 2 amide bonds. The minimum Gasteiger partial charge on any atom is -0.454 e. The van der Waals surface area contributed by atoms with E-state index >= 15 is 0 Å². The first-order valence-electron chi connectivity index (χ1n) is 8.27. The SMILES string of the molecule is Cc1ccc(C(=O)NCC(=O)OCC(=O)NCc2ccccc2)cc1C. The first-order valence-corrected chi connectivity index (χ1v) is 8.27. The van der Waals surface area contributed by atoms with Crippen molar-refractivity contribution in [1.29, 1.82) is 0 Å². The highest BCUT2D eigenvalue weighted by Gasteiger charge is 2.11. The van der Waals surface area contributed by atoms with Crippen LogP contribution in [-0.2, 0) is 20.9 Å². The third-order valence-corrected chi connectivity index (χ3v) is 3.86. The van der Waals surface area contributed by atoms with Crippen LogP contribution in [0.15, 0.2) is 48.5 Å². The molecule has 0 aliphatic rings. The predicted octanol–water partition coefficient (Wildman–Crippen LogP) is 1.89. The molecule has 0 radical (unpaired) electrons. The van der Waals surface area contributed by atoms with Crippen LogP contribution in [0.5, 0.6) is 0 Å². The van der Waals surface area contributed by atoms with Gasteiger partial charge in [-0.3, -0.25) is 14.4 Å². The van der Waals surface area contributed by atoms with E-state index in [9.17, 15) is 14.4 Å². The van der Waals surface area contributed by atoms with Gasteiger partial charge in [0.1, 0.15) is 6.54 Å². The molecule has 0 aromatic heterocycles. The second kappa shape index (κ2) is 9.36. The van der Waals surface area contributed by atoms with Crippen molar-refractivity contribution in [3.8, 4) is 0 Å². The van der Waals surface area contributed by atoms with Crippen molar-refractivity contribution in [3.05, 3.63) is 70.8 Å². The quantitative estimate of drug-likeness (QED) is 0.744. The number of hydrogen-bond acceptors (Lipinski definition) is 4. The van der Waals surface area contributed by atoms with Gasteiger partial charge in [0.15, 0.2) is 6.61 Å². The molecule has 136 valence electrons. The van der Waals surface area contributed by atoms with Crippen LogP contribution in [0.25, 0.3) is 0 Å². The molecule has 26 heavy (non-hydrogen) atoms. The number of carbonyl (C=O) groups is 3. The van der Waals surface area contributed by atoms with E-state index in [0.29, 0.717) is 12.1 Å². The van der Waals surface area contributed by atoms with E-state index in [4.69, 9.17) is 4.74 Å². The summed E-state index contributed by atoms with van der Waals surface area (Å²) >= 11 is 0. The maximum Gasteiger partial charge on any atom is 0.325 e. The lowest BCUT2D eigenvalue weighted by Crippen LogP contribution is -2.33. The minimum atomic E-state index is -0.669. The summed E-state index contributed by atoms with van der Waals surface area (Å²) in [5.41, 5.74) is 3.51. The van der Waals surface area contributed by atoms with Gasteiger partial charge in [-0.25, -0.2) is 0 Å². The highest BCUT2D eigenvalue weighted by Crippen LogP contribution is 2.09. The number of rotatable bonds is 7. The Labute approximate surface area is 152 Å². The predicted molar refractivity (Wildman–Crippen MR) is 97.5 cm³/mol. The Morgan fingerprint density at radius 1 is 0.923 bits per heavy atom. The zero-order valence-electron chi connectivity index (χ0n) is 14.9. The van der Waals surface area contributed by atoms with Crippen LogP contribution in [0.2, 0.25) is 0 Å². The molecule has 0 atom stereocenters. The molecule has 2 aromatic rings. The molecule has 2 rings (SSSR count). The topological polar surface area (TPSA) is 84.5 Å². The Kier molecular flexibility index (Phi) is 6.91. The summed E-state index contributed by atoms with van der Waals surface area (Å²) in [5.74, 6) is -1.43. The monoisotopic (exact) mass is 354 g/mol. The van der Waals surface area contributed by atoms with Crippen LogP contribution in [-0.4, -0.2) is 30.9 Å². The zero-order valence-corrected chi connectivity index (χ0v) is 14.9. The molecular formula is C20H22N2O4. The van der Waals surface area contributed by atoms with E-state index in [0.717, 1.165) is 16.7 Å². The first-order chi connectivity index (χ1) is 12.5. The van der Waals surface area contributed by atoms with Crippen molar-refractivity contribution >= 4 is 17.8 Å². The molecular weight excluding hydrogens is 332 g/mol. The van der Waals surface area contributed by atoms with Gasteiger partial charge in [0, 0.05) is 12.1 Å². The molecule has 0 bridgehead atoms. The molecule has 6 nitrogen and oxygen atoms in total. The van der Waals surface area contributed by atoms with Crippen molar-refractivity contribution in [2.75, 3.05) is 13.2 Å². The molecule has 0 spiro atoms. The molecule has 0 aliphatic carbocycles. The Morgan fingerprint density at radius 2 is 1.65 bits per heavy atom. The molecule has 0 unspecified atom stereocenters. The highest BCUT2D eigenvalue weighted by atomic mass is 16.5. The largest absolute Gasteiger partial charge is 0.454 e. The number of aryl methyl sites for hydroxylation is 2. The lowest BCUT2D eigenvalue weighted by Gasteiger charge is -2.08. The average molecular weight is 354 g/mol. The van der Waals surface area contributed by atoms with E-state index in [2.05, 4.69) is 10.6 Å². The van der Waals surface area contributed by atoms with Gasteiger partial charge < -0.3 is 15.4 Å². The molecule has 0 heterocycles. The molecule has 6 heteroatoms. The fraction of sp³-hybridized carbons (Fsp3) is 0.250. The van der Waals surface area contributed by atoms with Crippen LogP contribution in [0.3, 0.4) is 0 Å². The number of amides is 2. The van der Waals surface area contributed by atoms with Gasteiger partial charge in [-0.15, -0.1) is 0 Å². The Balaban J connectivity index is 1.68.